The smallest absolute Gasteiger partial charge is 0.192 e. The van der Waals surface area contributed by atoms with Gasteiger partial charge in [-0.25, -0.2) is 13.8 Å². The summed E-state index contributed by atoms with van der Waals surface area (Å²) in [5.41, 5.74) is 0.175. The van der Waals surface area contributed by atoms with E-state index in [1.807, 2.05) is 0 Å². The zero-order valence-corrected chi connectivity index (χ0v) is 11.6. The Bertz CT molecular complexity index is 577. The van der Waals surface area contributed by atoms with Gasteiger partial charge in [0.25, 0.3) is 0 Å². The van der Waals surface area contributed by atoms with Gasteiger partial charge in [0, 0.05) is 11.1 Å². The van der Waals surface area contributed by atoms with Crippen molar-refractivity contribution in [3.8, 4) is 5.75 Å². The fraction of sp³-hybridized carbons (Fsp3) is 0.250. The molecule has 0 radical (unpaired) electrons. The van der Waals surface area contributed by atoms with Gasteiger partial charge < -0.3 is 10.1 Å². The maximum Gasteiger partial charge on any atom is 0.192 e. The first kappa shape index (κ1) is 14.0. The topological polar surface area (TPSA) is 34.1 Å². The number of nitrogens with one attached hydrogen (secondary N) is 1. The molecule has 1 N–H and O–H groups in total. The van der Waals surface area contributed by atoms with Gasteiger partial charge in [0.1, 0.15) is 0 Å². The summed E-state index contributed by atoms with van der Waals surface area (Å²) in [7, 11) is 0. The molecule has 3 nitrogen and oxygen atoms in total. The summed E-state index contributed by atoms with van der Waals surface area (Å²) in [6, 6.07) is 2.49. The van der Waals surface area contributed by atoms with E-state index in [0.29, 0.717) is 11.0 Å². The number of rotatable bonds is 5. The lowest BCUT2D eigenvalue weighted by atomic mass is 10.2. The van der Waals surface area contributed by atoms with Crippen molar-refractivity contribution in [3.63, 3.8) is 0 Å². The maximum absolute atomic E-state index is 14.0. The SMILES string of the molecule is CCOc1c(F)ccc(NCc2cnc(Cl)s2)c1F. The predicted molar refractivity (Wildman–Crippen MR) is 72.0 cm³/mol. The monoisotopic (exact) mass is 304 g/mol. The number of aromatic nitrogens is 1. The fourth-order valence-electron chi connectivity index (χ4n) is 1.49. The van der Waals surface area contributed by atoms with E-state index >= 15 is 0 Å². The molecule has 0 amide bonds. The summed E-state index contributed by atoms with van der Waals surface area (Å²) in [5, 5.41) is 2.86. The van der Waals surface area contributed by atoms with Gasteiger partial charge in [-0.15, -0.1) is 11.3 Å². The number of nitrogens with zero attached hydrogens (tertiary/aromatic N) is 1. The van der Waals surface area contributed by atoms with Crippen LogP contribution in [0, 0.1) is 11.6 Å². The average molecular weight is 305 g/mol. The van der Waals surface area contributed by atoms with Crippen LogP contribution in [0.25, 0.3) is 0 Å². The molecule has 0 spiro atoms. The fourth-order valence-corrected chi connectivity index (χ4v) is 2.41. The first-order chi connectivity index (χ1) is 9.11. The molecule has 0 bridgehead atoms. The van der Waals surface area contributed by atoms with Gasteiger partial charge in [-0.05, 0) is 19.1 Å². The standard InChI is InChI=1S/C12H11ClF2N2OS/c1-2-18-11-8(14)3-4-9(10(11)15)16-5-7-6-17-12(13)19-7/h3-4,6,16H,2,5H2,1H3. The van der Waals surface area contributed by atoms with Gasteiger partial charge in [0.15, 0.2) is 21.9 Å². The van der Waals surface area contributed by atoms with Crippen molar-refractivity contribution < 1.29 is 13.5 Å². The lowest BCUT2D eigenvalue weighted by Crippen LogP contribution is -2.04. The van der Waals surface area contributed by atoms with Crippen molar-refractivity contribution in [2.24, 2.45) is 0 Å². The molecule has 0 aliphatic rings. The van der Waals surface area contributed by atoms with E-state index in [4.69, 9.17) is 16.3 Å². The Morgan fingerprint density at radius 2 is 2.21 bits per heavy atom. The van der Waals surface area contributed by atoms with Crippen molar-refractivity contribution >= 4 is 28.6 Å². The molecule has 19 heavy (non-hydrogen) atoms. The molecule has 0 unspecified atom stereocenters. The van der Waals surface area contributed by atoms with E-state index < -0.39 is 11.6 Å². The molecule has 2 rings (SSSR count). The molecule has 102 valence electrons. The third-order valence-electron chi connectivity index (χ3n) is 2.32. The number of ether oxygens (including phenoxy) is 1. The quantitative estimate of drug-likeness (QED) is 0.903. The maximum atomic E-state index is 14.0. The van der Waals surface area contributed by atoms with Crippen LogP contribution in [-0.4, -0.2) is 11.6 Å². The Morgan fingerprint density at radius 3 is 2.84 bits per heavy atom. The third-order valence-corrected chi connectivity index (χ3v) is 3.43. The Labute approximate surface area is 118 Å². The highest BCUT2D eigenvalue weighted by atomic mass is 35.5. The molecular formula is C12H11ClF2N2OS. The van der Waals surface area contributed by atoms with Gasteiger partial charge in [-0.3, -0.25) is 0 Å². The van der Waals surface area contributed by atoms with E-state index in [1.165, 1.54) is 17.4 Å². The van der Waals surface area contributed by atoms with Crippen LogP contribution in [0.2, 0.25) is 4.47 Å². The van der Waals surface area contributed by atoms with Crippen molar-refractivity contribution in [1.29, 1.82) is 0 Å². The average Bonchev–Trinajstić information content (AvgIpc) is 2.79. The summed E-state index contributed by atoms with van der Waals surface area (Å²) < 4.78 is 32.7. The molecule has 0 aliphatic heterocycles. The number of halogens is 3. The number of hydrogen-bond donors (Lipinski definition) is 1. The van der Waals surface area contributed by atoms with E-state index in [1.54, 1.807) is 13.1 Å². The van der Waals surface area contributed by atoms with Crippen molar-refractivity contribution in [2.75, 3.05) is 11.9 Å². The minimum atomic E-state index is -0.738. The Kier molecular flexibility index (Phi) is 4.55. The molecule has 0 atom stereocenters. The van der Waals surface area contributed by atoms with Crippen molar-refractivity contribution in [3.05, 3.63) is 39.3 Å². The highest BCUT2D eigenvalue weighted by molar-refractivity contribution is 7.15. The molecule has 1 heterocycles. The summed E-state index contributed by atoms with van der Waals surface area (Å²) in [4.78, 5) is 4.73. The second-order valence-corrected chi connectivity index (χ2v) is 5.30. The highest BCUT2D eigenvalue weighted by Gasteiger charge is 2.14. The normalized spacial score (nSPS) is 10.5. The van der Waals surface area contributed by atoms with Crippen LogP contribution < -0.4 is 10.1 Å². The van der Waals surface area contributed by atoms with Crippen LogP contribution in [0.15, 0.2) is 18.3 Å². The zero-order chi connectivity index (χ0) is 13.8. The molecular weight excluding hydrogens is 294 g/mol. The third kappa shape index (κ3) is 3.33. The second kappa shape index (κ2) is 6.16. The number of benzene rings is 1. The van der Waals surface area contributed by atoms with Crippen LogP contribution in [0.3, 0.4) is 0 Å². The largest absolute Gasteiger partial charge is 0.488 e. The van der Waals surface area contributed by atoms with Crippen molar-refractivity contribution in [2.45, 2.75) is 13.5 Å². The number of anilines is 1. The molecule has 0 aliphatic carbocycles. The van der Waals surface area contributed by atoms with Gasteiger partial charge in [-0.1, -0.05) is 11.6 Å². The van der Waals surface area contributed by atoms with Gasteiger partial charge in [0.2, 0.25) is 0 Å². The number of thiazole rings is 1. The summed E-state index contributed by atoms with van der Waals surface area (Å²) in [5.74, 6) is -1.82. The van der Waals surface area contributed by atoms with Crippen LogP contribution in [0.1, 0.15) is 11.8 Å². The Balaban J connectivity index is 2.14. The molecule has 7 heteroatoms. The minimum absolute atomic E-state index is 0.175. The molecule has 1 aromatic carbocycles. The van der Waals surface area contributed by atoms with E-state index in [-0.39, 0.29) is 18.0 Å². The molecule has 0 fully saturated rings. The van der Waals surface area contributed by atoms with Crippen LogP contribution in [0.4, 0.5) is 14.5 Å². The summed E-state index contributed by atoms with van der Waals surface area (Å²) in [6.45, 7) is 2.22. The first-order valence-corrected chi connectivity index (χ1v) is 6.76. The van der Waals surface area contributed by atoms with Crippen LogP contribution in [0.5, 0.6) is 5.75 Å². The van der Waals surface area contributed by atoms with Crippen LogP contribution >= 0.6 is 22.9 Å². The second-order valence-electron chi connectivity index (χ2n) is 3.60. The minimum Gasteiger partial charge on any atom is -0.488 e. The predicted octanol–water partition coefficient (Wildman–Crippen LogP) is 4.09. The lowest BCUT2D eigenvalue weighted by molar-refractivity contribution is 0.303. The Hall–Kier alpha value is -1.40. The molecule has 0 saturated carbocycles. The molecule has 1 aromatic heterocycles. The molecule has 0 saturated heterocycles. The number of hydrogen-bond acceptors (Lipinski definition) is 4. The van der Waals surface area contributed by atoms with Crippen LogP contribution in [-0.2, 0) is 6.54 Å². The van der Waals surface area contributed by atoms with Crippen molar-refractivity contribution in [1.82, 2.24) is 4.98 Å². The van der Waals surface area contributed by atoms with Gasteiger partial charge >= 0.3 is 0 Å². The Morgan fingerprint density at radius 1 is 1.42 bits per heavy atom. The summed E-state index contributed by atoms with van der Waals surface area (Å²) >= 11 is 6.99. The van der Waals surface area contributed by atoms with E-state index in [9.17, 15) is 8.78 Å². The van der Waals surface area contributed by atoms with Gasteiger partial charge in [-0.2, -0.15) is 0 Å². The van der Waals surface area contributed by atoms with E-state index in [0.717, 1.165) is 10.9 Å². The summed E-state index contributed by atoms with van der Waals surface area (Å²) in [6.07, 6.45) is 1.60. The van der Waals surface area contributed by atoms with Gasteiger partial charge in [0.05, 0.1) is 18.8 Å². The molecule has 2 aromatic rings. The first-order valence-electron chi connectivity index (χ1n) is 5.56. The zero-order valence-electron chi connectivity index (χ0n) is 10.0. The lowest BCUT2D eigenvalue weighted by Gasteiger charge is -2.11. The highest BCUT2D eigenvalue weighted by Crippen LogP contribution is 2.28. The van der Waals surface area contributed by atoms with E-state index in [2.05, 4.69) is 10.3 Å².